The standard InChI is InChI=1S/C21H28N4O/c1-15(2)22-19-14-18(21(26)23-17-12-8-3-4-9-13-17)24-20(25-19)16-10-6-5-7-11-16/h5-7,10-11,14-15,17H,3-4,8-9,12-13H2,1-2H3,(H,23,26)(H,22,24,25). The molecule has 1 saturated carbocycles. The van der Waals surface area contributed by atoms with Crippen LogP contribution in [0.25, 0.3) is 11.4 Å². The van der Waals surface area contributed by atoms with Gasteiger partial charge in [-0.1, -0.05) is 56.0 Å². The maximum absolute atomic E-state index is 12.8. The third-order valence-corrected chi connectivity index (χ3v) is 4.62. The van der Waals surface area contributed by atoms with Crippen molar-refractivity contribution in [2.24, 2.45) is 0 Å². The van der Waals surface area contributed by atoms with Crippen LogP contribution in [0.15, 0.2) is 36.4 Å². The van der Waals surface area contributed by atoms with Crippen LogP contribution in [-0.4, -0.2) is 28.0 Å². The molecule has 1 fully saturated rings. The van der Waals surface area contributed by atoms with E-state index in [4.69, 9.17) is 0 Å². The lowest BCUT2D eigenvalue weighted by molar-refractivity contribution is 0.0928. The van der Waals surface area contributed by atoms with E-state index in [2.05, 4.69) is 34.4 Å². The van der Waals surface area contributed by atoms with E-state index in [1.807, 2.05) is 30.3 Å². The van der Waals surface area contributed by atoms with Crippen molar-refractivity contribution in [3.63, 3.8) is 0 Å². The van der Waals surface area contributed by atoms with Crippen LogP contribution in [0.2, 0.25) is 0 Å². The maximum atomic E-state index is 12.8. The summed E-state index contributed by atoms with van der Waals surface area (Å²) in [5.74, 6) is 1.14. The van der Waals surface area contributed by atoms with E-state index < -0.39 is 0 Å². The Morgan fingerprint density at radius 2 is 1.73 bits per heavy atom. The molecule has 0 aliphatic heterocycles. The van der Waals surface area contributed by atoms with Crippen molar-refractivity contribution in [3.8, 4) is 11.4 Å². The number of hydrogen-bond acceptors (Lipinski definition) is 4. The molecule has 1 aromatic carbocycles. The van der Waals surface area contributed by atoms with Gasteiger partial charge >= 0.3 is 0 Å². The Kier molecular flexibility index (Phi) is 6.21. The van der Waals surface area contributed by atoms with Crippen LogP contribution in [0.1, 0.15) is 62.9 Å². The maximum Gasteiger partial charge on any atom is 0.270 e. The Hall–Kier alpha value is -2.43. The third-order valence-electron chi connectivity index (χ3n) is 4.62. The second kappa shape index (κ2) is 8.79. The fraction of sp³-hybridized carbons (Fsp3) is 0.476. The zero-order valence-electron chi connectivity index (χ0n) is 15.7. The van der Waals surface area contributed by atoms with E-state index in [9.17, 15) is 4.79 Å². The highest BCUT2D eigenvalue weighted by Gasteiger charge is 2.18. The SMILES string of the molecule is CC(C)Nc1cc(C(=O)NC2CCCCCC2)nc(-c2ccccc2)n1. The van der Waals surface area contributed by atoms with Gasteiger partial charge in [0.25, 0.3) is 5.91 Å². The first kappa shape index (κ1) is 18.4. The molecule has 1 aliphatic carbocycles. The summed E-state index contributed by atoms with van der Waals surface area (Å²) in [5, 5.41) is 6.47. The molecule has 26 heavy (non-hydrogen) atoms. The Morgan fingerprint density at radius 1 is 1.04 bits per heavy atom. The van der Waals surface area contributed by atoms with Gasteiger partial charge in [0.2, 0.25) is 0 Å². The fourth-order valence-corrected chi connectivity index (χ4v) is 3.33. The molecule has 0 bridgehead atoms. The van der Waals surface area contributed by atoms with Crippen LogP contribution in [0.5, 0.6) is 0 Å². The lowest BCUT2D eigenvalue weighted by Crippen LogP contribution is -2.35. The van der Waals surface area contributed by atoms with Gasteiger partial charge in [-0.25, -0.2) is 9.97 Å². The van der Waals surface area contributed by atoms with E-state index in [-0.39, 0.29) is 18.0 Å². The lowest BCUT2D eigenvalue weighted by Gasteiger charge is -2.17. The molecule has 5 nitrogen and oxygen atoms in total. The van der Waals surface area contributed by atoms with E-state index >= 15 is 0 Å². The largest absolute Gasteiger partial charge is 0.368 e. The zero-order valence-corrected chi connectivity index (χ0v) is 15.7. The number of amides is 1. The van der Waals surface area contributed by atoms with E-state index in [0.717, 1.165) is 18.4 Å². The Morgan fingerprint density at radius 3 is 2.38 bits per heavy atom. The van der Waals surface area contributed by atoms with Crippen LogP contribution in [-0.2, 0) is 0 Å². The number of nitrogens with zero attached hydrogens (tertiary/aromatic N) is 2. The van der Waals surface area contributed by atoms with Crippen LogP contribution >= 0.6 is 0 Å². The van der Waals surface area contributed by atoms with Gasteiger partial charge in [-0.2, -0.15) is 0 Å². The van der Waals surface area contributed by atoms with Gasteiger partial charge in [-0.05, 0) is 26.7 Å². The molecule has 0 saturated heterocycles. The summed E-state index contributed by atoms with van der Waals surface area (Å²) in [6, 6.07) is 12.0. The molecule has 138 valence electrons. The zero-order chi connectivity index (χ0) is 18.4. The van der Waals surface area contributed by atoms with Gasteiger partial charge in [0.15, 0.2) is 5.82 Å². The van der Waals surface area contributed by atoms with Gasteiger partial charge in [0, 0.05) is 23.7 Å². The summed E-state index contributed by atoms with van der Waals surface area (Å²) >= 11 is 0. The molecule has 2 aromatic rings. The molecule has 1 aromatic heterocycles. The Balaban J connectivity index is 1.85. The van der Waals surface area contributed by atoms with Crippen molar-refractivity contribution in [2.75, 3.05) is 5.32 Å². The Labute approximate surface area is 155 Å². The van der Waals surface area contributed by atoms with Gasteiger partial charge in [-0.15, -0.1) is 0 Å². The van der Waals surface area contributed by atoms with Crippen LogP contribution in [0.4, 0.5) is 5.82 Å². The highest BCUT2D eigenvalue weighted by Crippen LogP contribution is 2.20. The van der Waals surface area contributed by atoms with Crippen LogP contribution in [0.3, 0.4) is 0 Å². The number of nitrogens with one attached hydrogen (secondary N) is 2. The van der Waals surface area contributed by atoms with Gasteiger partial charge < -0.3 is 10.6 Å². The molecule has 1 aliphatic rings. The molecule has 3 rings (SSSR count). The molecule has 5 heteroatoms. The van der Waals surface area contributed by atoms with Crippen molar-refractivity contribution in [3.05, 3.63) is 42.1 Å². The molecule has 0 unspecified atom stereocenters. The quantitative estimate of drug-likeness (QED) is 0.782. The summed E-state index contributed by atoms with van der Waals surface area (Å²) in [5.41, 5.74) is 1.33. The van der Waals surface area contributed by atoms with Gasteiger partial charge in [0.05, 0.1) is 0 Å². The molecule has 0 spiro atoms. The first-order chi connectivity index (χ1) is 12.6. The lowest BCUT2D eigenvalue weighted by atomic mass is 10.1. The number of aromatic nitrogens is 2. The van der Waals surface area contributed by atoms with E-state index in [1.165, 1.54) is 25.7 Å². The second-order valence-electron chi connectivity index (χ2n) is 7.29. The molecule has 0 radical (unpaired) electrons. The summed E-state index contributed by atoms with van der Waals surface area (Å²) in [6.07, 6.45) is 7.01. The minimum absolute atomic E-state index is 0.108. The molecule has 0 atom stereocenters. The predicted molar refractivity (Wildman–Crippen MR) is 105 cm³/mol. The van der Waals surface area contributed by atoms with Crippen molar-refractivity contribution in [1.82, 2.24) is 15.3 Å². The summed E-state index contributed by atoms with van der Waals surface area (Å²) in [6.45, 7) is 4.10. The van der Waals surface area contributed by atoms with Crippen LogP contribution in [0, 0.1) is 0 Å². The molecular formula is C21H28N4O. The summed E-state index contributed by atoms with van der Waals surface area (Å²) < 4.78 is 0. The minimum atomic E-state index is -0.108. The number of carbonyl (C=O) groups is 1. The number of hydrogen-bond donors (Lipinski definition) is 2. The number of benzene rings is 1. The second-order valence-corrected chi connectivity index (χ2v) is 7.29. The first-order valence-corrected chi connectivity index (χ1v) is 9.64. The van der Waals surface area contributed by atoms with Gasteiger partial charge in [0.1, 0.15) is 11.5 Å². The van der Waals surface area contributed by atoms with Crippen molar-refractivity contribution >= 4 is 11.7 Å². The van der Waals surface area contributed by atoms with E-state index in [0.29, 0.717) is 17.3 Å². The number of anilines is 1. The first-order valence-electron chi connectivity index (χ1n) is 9.64. The number of rotatable bonds is 5. The van der Waals surface area contributed by atoms with Gasteiger partial charge in [-0.3, -0.25) is 4.79 Å². The summed E-state index contributed by atoms with van der Waals surface area (Å²) in [7, 11) is 0. The molecule has 2 N–H and O–H groups in total. The van der Waals surface area contributed by atoms with E-state index in [1.54, 1.807) is 6.07 Å². The fourth-order valence-electron chi connectivity index (χ4n) is 3.33. The Bertz CT molecular complexity index is 722. The monoisotopic (exact) mass is 352 g/mol. The smallest absolute Gasteiger partial charge is 0.270 e. The third kappa shape index (κ3) is 5.04. The topological polar surface area (TPSA) is 66.9 Å². The molecule has 1 heterocycles. The van der Waals surface area contributed by atoms with Crippen molar-refractivity contribution in [2.45, 2.75) is 64.5 Å². The van der Waals surface area contributed by atoms with Crippen molar-refractivity contribution < 1.29 is 4.79 Å². The number of carbonyl (C=O) groups excluding carboxylic acids is 1. The highest BCUT2D eigenvalue weighted by molar-refractivity contribution is 5.93. The summed E-state index contributed by atoms with van der Waals surface area (Å²) in [4.78, 5) is 21.9. The average Bonchev–Trinajstić information content (AvgIpc) is 2.90. The highest BCUT2D eigenvalue weighted by atomic mass is 16.1. The predicted octanol–water partition coefficient (Wildman–Crippen LogP) is 4.42. The molecule has 1 amide bonds. The average molecular weight is 352 g/mol. The minimum Gasteiger partial charge on any atom is -0.368 e. The molecular weight excluding hydrogens is 324 g/mol. The van der Waals surface area contributed by atoms with Crippen molar-refractivity contribution in [1.29, 1.82) is 0 Å². The normalized spacial score (nSPS) is 15.5. The van der Waals surface area contributed by atoms with Crippen LogP contribution < -0.4 is 10.6 Å².